The Labute approximate surface area is 109 Å². The Balaban J connectivity index is 4.41. The Morgan fingerprint density at radius 3 is 2.11 bits per heavy atom. The summed E-state index contributed by atoms with van der Waals surface area (Å²) in [6.07, 6.45) is 1.45. The summed E-state index contributed by atoms with van der Waals surface area (Å²) in [5, 5.41) is 0. The largest absolute Gasteiger partial charge is 0.273 e. The van der Waals surface area contributed by atoms with Crippen LogP contribution in [0.2, 0.25) is 0 Å². The third-order valence-electron chi connectivity index (χ3n) is 1.97. The van der Waals surface area contributed by atoms with Crippen LogP contribution in [0.15, 0.2) is 0 Å². The lowest BCUT2D eigenvalue weighted by Crippen LogP contribution is -2.47. The molecular weight excluding hydrogens is 256 g/mol. The van der Waals surface area contributed by atoms with Crippen LogP contribution in [-0.4, -0.2) is 33.2 Å². The lowest BCUT2D eigenvalue weighted by Gasteiger charge is -2.19. The summed E-state index contributed by atoms with van der Waals surface area (Å²) in [5.74, 6) is 0.0200. The summed E-state index contributed by atoms with van der Waals surface area (Å²) in [7, 11) is -3.42. The third kappa shape index (κ3) is 9.38. The van der Waals surface area contributed by atoms with E-state index in [2.05, 4.69) is 10.2 Å². The summed E-state index contributed by atoms with van der Waals surface area (Å²) in [5.41, 5.74) is 2.28. The Hall–Kier alpha value is -0.660. The molecule has 1 amide bonds. The molecule has 1 unspecified atom stereocenters. The van der Waals surface area contributed by atoms with Crippen molar-refractivity contribution in [1.82, 2.24) is 10.2 Å². The zero-order chi connectivity index (χ0) is 14.3. The molecule has 0 saturated heterocycles. The van der Waals surface area contributed by atoms with Gasteiger partial charge in [-0.2, -0.15) is 0 Å². The zero-order valence-electron chi connectivity index (χ0n) is 11.7. The zero-order valence-corrected chi connectivity index (χ0v) is 12.5. The van der Waals surface area contributed by atoms with Gasteiger partial charge in [0.25, 0.3) is 5.91 Å². The maximum Gasteiger partial charge on any atom is 0.261 e. The first-order valence-corrected chi connectivity index (χ1v) is 7.90. The fourth-order valence-corrected chi connectivity index (χ4v) is 2.01. The summed E-state index contributed by atoms with van der Waals surface area (Å²) in [6, 6.07) is -0.799. The second-order valence-corrected chi connectivity index (χ2v) is 7.02. The average Bonchev–Trinajstić information content (AvgIpc) is 2.12. The first-order valence-electron chi connectivity index (χ1n) is 6.00. The van der Waals surface area contributed by atoms with Gasteiger partial charge < -0.3 is 0 Å². The molecule has 0 aliphatic carbocycles. The Kier molecular flexibility index (Phi) is 7.42. The number of sulfonamides is 1. The molecule has 0 aliphatic heterocycles. The third-order valence-corrected chi connectivity index (χ3v) is 2.68. The number of hydroxylamine groups is 1. The number of rotatable bonds is 8. The van der Waals surface area contributed by atoms with E-state index in [1.54, 1.807) is 0 Å². The van der Waals surface area contributed by atoms with Crippen molar-refractivity contribution >= 4 is 15.9 Å². The maximum atomic E-state index is 11.8. The molecule has 0 aromatic rings. The van der Waals surface area contributed by atoms with Crippen molar-refractivity contribution in [3.63, 3.8) is 0 Å². The van der Waals surface area contributed by atoms with Crippen molar-refractivity contribution < 1.29 is 18.0 Å². The van der Waals surface area contributed by atoms with Gasteiger partial charge in [0.15, 0.2) is 0 Å². The number of carbonyl (C=O) groups is 1. The van der Waals surface area contributed by atoms with Crippen LogP contribution in [0, 0.1) is 11.8 Å². The molecule has 6 nitrogen and oxygen atoms in total. The van der Waals surface area contributed by atoms with Crippen LogP contribution < -0.4 is 10.2 Å². The highest BCUT2D eigenvalue weighted by Gasteiger charge is 2.23. The van der Waals surface area contributed by atoms with Gasteiger partial charge in [-0.25, -0.2) is 18.6 Å². The average molecular weight is 280 g/mol. The van der Waals surface area contributed by atoms with E-state index in [9.17, 15) is 13.2 Å². The van der Waals surface area contributed by atoms with Crippen molar-refractivity contribution in [2.75, 3.05) is 12.9 Å². The van der Waals surface area contributed by atoms with Crippen molar-refractivity contribution in [3.8, 4) is 0 Å². The Bertz CT molecular complexity index is 352. The predicted octanol–water partition coefficient (Wildman–Crippen LogP) is 0.654. The summed E-state index contributed by atoms with van der Waals surface area (Å²) >= 11 is 0. The summed E-state index contributed by atoms with van der Waals surface area (Å²) < 4.78 is 24.7. The highest BCUT2D eigenvalue weighted by Crippen LogP contribution is 2.06. The second kappa shape index (κ2) is 7.70. The van der Waals surface area contributed by atoms with Gasteiger partial charge in [0.2, 0.25) is 10.0 Å². The fraction of sp³-hybridized carbons (Fsp3) is 0.909. The van der Waals surface area contributed by atoms with Crippen molar-refractivity contribution in [2.45, 2.75) is 40.2 Å². The predicted molar refractivity (Wildman–Crippen MR) is 70.2 cm³/mol. The maximum absolute atomic E-state index is 11.8. The van der Waals surface area contributed by atoms with Gasteiger partial charge in [0, 0.05) is 0 Å². The number of amides is 1. The van der Waals surface area contributed by atoms with E-state index in [1.165, 1.54) is 0 Å². The fourth-order valence-electron chi connectivity index (χ4n) is 1.29. The molecule has 2 N–H and O–H groups in total. The summed E-state index contributed by atoms with van der Waals surface area (Å²) in [4.78, 5) is 16.8. The van der Waals surface area contributed by atoms with Crippen LogP contribution in [-0.2, 0) is 19.7 Å². The lowest BCUT2D eigenvalue weighted by atomic mass is 10.0. The molecule has 0 spiro atoms. The lowest BCUT2D eigenvalue weighted by molar-refractivity contribution is -0.136. The molecule has 108 valence electrons. The van der Waals surface area contributed by atoms with E-state index in [-0.39, 0.29) is 11.8 Å². The summed E-state index contributed by atoms with van der Waals surface area (Å²) in [6.45, 7) is 8.12. The van der Waals surface area contributed by atoms with E-state index < -0.39 is 22.0 Å². The van der Waals surface area contributed by atoms with Gasteiger partial charge >= 0.3 is 0 Å². The normalized spacial score (nSPS) is 13.9. The van der Waals surface area contributed by atoms with E-state index in [0.717, 1.165) is 6.26 Å². The molecule has 0 radical (unpaired) electrons. The minimum absolute atomic E-state index is 0.195. The van der Waals surface area contributed by atoms with Gasteiger partial charge in [0.1, 0.15) is 6.04 Å². The molecule has 0 aromatic carbocycles. The van der Waals surface area contributed by atoms with Gasteiger partial charge in [-0.1, -0.05) is 27.7 Å². The minimum Gasteiger partial charge on any atom is -0.273 e. The van der Waals surface area contributed by atoms with Crippen LogP contribution in [0.1, 0.15) is 34.1 Å². The van der Waals surface area contributed by atoms with Gasteiger partial charge in [-0.15, -0.1) is 0 Å². The van der Waals surface area contributed by atoms with Gasteiger partial charge in [-0.05, 0) is 18.3 Å². The standard InChI is InChI=1S/C11H24N2O4S/c1-8(2)6-10(13-18(5,15)16)11(14)12-17-7-9(3)4/h8-10,13H,6-7H2,1-5H3,(H,12,14). The van der Waals surface area contributed by atoms with Gasteiger partial charge in [-0.3, -0.25) is 9.63 Å². The monoisotopic (exact) mass is 280 g/mol. The first kappa shape index (κ1) is 17.3. The molecule has 0 fully saturated rings. The Morgan fingerprint density at radius 2 is 1.72 bits per heavy atom. The highest BCUT2D eigenvalue weighted by atomic mass is 32.2. The number of nitrogens with one attached hydrogen (secondary N) is 2. The van der Waals surface area contributed by atoms with Crippen molar-refractivity contribution in [2.24, 2.45) is 11.8 Å². The van der Waals surface area contributed by atoms with Gasteiger partial charge in [0.05, 0.1) is 12.9 Å². The molecule has 0 rings (SSSR count). The van der Waals surface area contributed by atoms with Crippen LogP contribution in [0.25, 0.3) is 0 Å². The smallest absolute Gasteiger partial charge is 0.261 e. The van der Waals surface area contributed by atoms with Crippen molar-refractivity contribution in [3.05, 3.63) is 0 Å². The minimum atomic E-state index is -3.42. The van der Waals surface area contributed by atoms with Crippen LogP contribution >= 0.6 is 0 Å². The van der Waals surface area contributed by atoms with E-state index in [4.69, 9.17) is 4.84 Å². The highest BCUT2D eigenvalue weighted by molar-refractivity contribution is 7.88. The molecule has 0 bridgehead atoms. The molecule has 0 aliphatic rings. The van der Waals surface area contributed by atoms with Crippen LogP contribution in [0.4, 0.5) is 0 Å². The molecule has 7 heteroatoms. The molecule has 18 heavy (non-hydrogen) atoms. The quantitative estimate of drug-likeness (QED) is 0.640. The Morgan fingerprint density at radius 1 is 1.17 bits per heavy atom. The molecule has 1 atom stereocenters. The van der Waals surface area contributed by atoms with E-state index in [0.29, 0.717) is 13.0 Å². The van der Waals surface area contributed by atoms with E-state index in [1.807, 2.05) is 27.7 Å². The second-order valence-electron chi connectivity index (χ2n) is 5.24. The number of hydrogen-bond acceptors (Lipinski definition) is 4. The molecular formula is C11H24N2O4S. The van der Waals surface area contributed by atoms with Crippen LogP contribution in [0.3, 0.4) is 0 Å². The molecule has 0 saturated carbocycles. The number of carbonyl (C=O) groups excluding carboxylic acids is 1. The SMILES string of the molecule is CC(C)CONC(=O)C(CC(C)C)NS(C)(=O)=O. The van der Waals surface area contributed by atoms with E-state index >= 15 is 0 Å². The topological polar surface area (TPSA) is 84.5 Å². The van der Waals surface area contributed by atoms with Crippen LogP contribution in [0.5, 0.6) is 0 Å². The molecule has 0 aromatic heterocycles. The van der Waals surface area contributed by atoms with Crippen molar-refractivity contribution in [1.29, 1.82) is 0 Å². The number of hydrogen-bond donors (Lipinski definition) is 2. The molecule has 0 heterocycles. The first-order chi connectivity index (χ1) is 8.11.